The van der Waals surface area contributed by atoms with Crippen LogP contribution in [0.2, 0.25) is 0 Å². The standard InChI is InChI=1S/C20H19F2NO5S/c1-13(18(24)23-12-4-6-14-5-2-3-7-17(14)23)28-19(25)15-8-10-16(11-9-15)29(26,27)20(21)22/h2-3,5,7-11,13,20H,4,6,12H2,1H3/t13-/m1/s1. The van der Waals surface area contributed by atoms with Gasteiger partial charge in [0.15, 0.2) is 6.10 Å². The van der Waals surface area contributed by atoms with Gasteiger partial charge in [-0.1, -0.05) is 18.2 Å². The molecule has 1 atom stereocenters. The SMILES string of the molecule is C[C@@H](OC(=O)c1ccc(S(=O)(=O)C(F)F)cc1)C(=O)N1CCCc2ccccc21. The highest BCUT2D eigenvalue weighted by atomic mass is 32.2. The van der Waals surface area contributed by atoms with Gasteiger partial charge in [-0.2, -0.15) is 8.78 Å². The van der Waals surface area contributed by atoms with Gasteiger partial charge in [0.1, 0.15) is 0 Å². The Morgan fingerprint density at radius 3 is 2.38 bits per heavy atom. The maximum atomic E-state index is 12.8. The smallest absolute Gasteiger partial charge is 0.341 e. The first-order valence-corrected chi connectivity index (χ1v) is 10.5. The van der Waals surface area contributed by atoms with E-state index in [4.69, 9.17) is 4.74 Å². The number of rotatable bonds is 5. The average molecular weight is 423 g/mol. The third-order valence-electron chi connectivity index (χ3n) is 4.66. The van der Waals surface area contributed by atoms with Crippen molar-refractivity contribution in [3.05, 3.63) is 59.7 Å². The number of ether oxygens (including phenoxy) is 1. The Balaban J connectivity index is 1.70. The summed E-state index contributed by atoms with van der Waals surface area (Å²) in [7, 11) is -4.75. The number of fused-ring (bicyclic) bond motifs is 1. The molecule has 1 aliphatic rings. The van der Waals surface area contributed by atoms with Crippen molar-refractivity contribution in [1.82, 2.24) is 0 Å². The highest BCUT2D eigenvalue weighted by Crippen LogP contribution is 2.27. The molecular formula is C20H19F2NO5S. The van der Waals surface area contributed by atoms with Gasteiger partial charge in [-0.3, -0.25) is 4.79 Å². The molecule has 0 aromatic heterocycles. The number of benzene rings is 2. The van der Waals surface area contributed by atoms with Crippen molar-refractivity contribution >= 4 is 27.4 Å². The first kappa shape index (κ1) is 20.9. The van der Waals surface area contributed by atoms with Crippen LogP contribution in [0.4, 0.5) is 14.5 Å². The summed E-state index contributed by atoms with van der Waals surface area (Å²) < 4.78 is 53.2. The molecule has 0 N–H and O–H groups in total. The largest absolute Gasteiger partial charge is 0.449 e. The van der Waals surface area contributed by atoms with Crippen molar-refractivity contribution in [2.75, 3.05) is 11.4 Å². The van der Waals surface area contributed by atoms with E-state index in [1.165, 1.54) is 6.92 Å². The number of sulfone groups is 1. The molecule has 0 bridgehead atoms. The van der Waals surface area contributed by atoms with Crippen LogP contribution in [0, 0.1) is 0 Å². The van der Waals surface area contributed by atoms with E-state index in [1.54, 1.807) is 4.90 Å². The monoisotopic (exact) mass is 423 g/mol. The molecule has 3 rings (SSSR count). The van der Waals surface area contributed by atoms with Crippen LogP contribution >= 0.6 is 0 Å². The Hall–Kier alpha value is -2.81. The van der Waals surface area contributed by atoms with Crippen LogP contribution in [-0.2, 0) is 25.8 Å². The molecule has 29 heavy (non-hydrogen) atoms. The normalized spacial score (nSPS) is 15.0. The van der Waals surface area contributed by atoms with Gasteiger partial charge in [0.2, 0.25) is 9.84 Å². The second-order valence-electron chi connectivity index (χ2n) is 6.60. The number of alkyl halides is 2. The highest BCUT2D eigenvalue weighted by molar-refractivity contribution is 7.91. The molecule has 0 fully saturated rings. The van der Waals surface area contributed by atoms with Crippen molar-refractivity contribution in [2.24, 2.45) is 0 Å². The van der Waals surface area contributed by atoms with Crippen molar-refractivity contribution in [1.29, 1.82) is 0 Å². The molecular weight excluding hydrogens is 404 g/mol. The minimum absolute atomic E-state index is 0.0445. The van der Waals surface area contributed by atoms with Gasteiger partial charge in [0.25, 0.3) is 5.91 Å². The van der Waals surface area contributed by atoms with E-state index in [2.05, 4.69) is 0 Å². The number of carbonyl (C=O) groups excluding carboxylic acids is 2. The summed E-state index contributed by atoms with van der Waals surface area (Å²) in [5, 5.41) is 0. The number of hydrogen-bond donors (Lipinski definition) is 0. The maximum Gasteiger partial charge on any atom is 0.341 e. The van der Waals surface area contributed by atoms with Gasteiger partial charge in [-0.15, -0.1) is 0 Å². The lowest BCUT2D eigenvalue weighted by molar-refractivity contribution is -0.126. The second-order valence-corrected chi connectivity index (χ2v) is 8.52. The van der Waals surface area contributed by atoms with Crippen molar-refractivity contribution in [2.45, 2.75) is 36.5 Å². The molecule has 9 heteroatoms. The zero-order valence-corrected chi connectivity index (χ0v) is 16.4. The minimum Gasteiger partial charge on any atom is -0.449 e. The summed E-state index contributed by atoms with van der Waals surface area (Å²) in [6.45, 7) is 1.96. The lowest BCUT2D eigenvalue weighted by atomic mass is 10.0. The first-order chi connectivity index (χ1) is 13.7. The number of amides is 1. The van der Waals surface area contributed by atoms with Gasteiger partial charge in [-0.25, -0.2) is 13.2 Å². The molecule has 6 nitrogen and oxygen atoms in total. The van der Waals surface area contributed by atoms with Gasteiger partial charge < -0.3 is 9.64 Å². The van der Waals surface area contributed by atoms with Crippen LogP contribution in [-0.4, -0.2) is 38.7 Å². The van der Waals surface area contributed by atoms with E-state index in [0.717, 1.165) is 48.4 Å². The fourth-order valence-electron chi connectivity index (χ4n) is 3.14. The quantitative estimate of drug-likeness (QED) is 0.690. The zero-order valence-electron chi connectivity index (χ0n) is 15.5. The van der Waals surface area contributed by atoms with E-state index >= 15 is 0 Å². The number of halogens is 2. The molecule has 0 aliphatic carbocycles. The molecule has 0 spiro atoms. The van der Waals surface area contributed by atoms with Crippen LogP contribution in [0.25, 0.3) is 0 Å². The van der Waals surface area contributed by atoms with Crippen molar-refractivity contribution in [3.8, 4) is 0 Å². The molecule has 0 radical (unpaired) electrons. The molecule has 154 valence electrons. The van der Waals surface area contributed by atoms with Crippen LogP contribution in [0.5, 0.6) is 0 Å². The summed E-state index contributed by atoms with van der Waals surface area (Å²) in [6, 6.07) is 11.5. The predicted molar refractivity (Wildman–Crippen MR) is 102 cm³/mol. The first-order valence-electron chi connectivity index (χ1n) is 8.94. The van der Waals surface area contributed by atoms with Gasteiger partial charge >= 0.3 is 11.7 Å². The molecule has 1 heterocycles. The lowest BCUT2D eigenvalue weighted by Crippen LogP contribution is -2.42. The van der Waals surface area contributed by atoms with Gasteiger partial charge in [-0.05, 0) is 55.7 Å². The number of esters is 1. The Bertz CT molecular complexity index is 1020. The summed E-state index contributed by atoms with van der Waals surface area (Å²) in [5.41, 5.74) is 1.78. The van der Waals surface area contributed by atoms with Crippen LogP contribution < -0.4 is 4.90 Å². The van der Waals surface area contributed by atoms with E-state index < -0.39 is 32.6 Å². The van der Waals surface area contributed by atoms with Crippen LogP contribution in [0.3, 0.4) is 0 Å². The topological polar surface area (TPSA) is 80.8 Å². The molecule has 1 aliphatic heterocycles. The van der Waals surface area contributed by atoms with E-state index in [9.17, 15) is 26.8 Å². The lowest BCUT2D eigenvalue weighted by Gasteiger charge is -2.31. The Kier molecular flexibility index (Phi) is 5.97. The Labute approximate surface area is 167 Å². The number of nitrogens with zero attached hydrogens (tertiary/aromatic N) is 1. The summed E-state index contributed by atoms with van der Waals surface area (Å²) >= 11 is 0. The number of aryl methyl sites for hydroxylation is 1. The van der Waals surface area contributed by atoms with Gasteiger partial charge in [0, 0.05) is 12.2 Å². The number of para-hydroxylation sites is 1. The van der Waals surface area contributed by atoms with Crippen molar-refractivity contribution in [3.63, 3.8) is 0 Å². The molecule has 1 amide bonds. The molecule has 0 unspecified atom stereocenters. The minimum atomic E-state index is -4.75. The number of hydrogen-bond acceptors (Lipinski definition) is 5. The van der Waals surface area contributed by atoms with Gasteiger partial charge in [0.05, 0.1) is 10.5 Å². The molecule has 0 saturated carbocycles. The maximum absolute atomic E-state index is 12.8. The molecule has 2 aromatic carbocycles. The fourth-order valence-corrected chi connectivity index (χ4v) is 3.87. The summed E-state index contributed by atoms with van der Waals surface area (Å²) in [4.78, 5) is 26.0. The molecule has 0 saturated heterocycles. The zero-order chi connectivity index (χ0) is 21.2. The van der Waals surface area contributed by atoms with E-state index in [0.29, 0.717) is 6.54 Å². The van der Waals surface area contributed by atoms with E-state index in [1.807, 2.05) is 24.3 Å². The van der Waals surface area contributed by atoms with Crippen LogP contribution in [0.1, 0.15) is 29.3 Å². The fraction of sp³-hybridized carbons (Fsp3) is 0.300. The van der Waals surface area contributed by atoms with E-state index in [-0.39, 0.29) is 11.5 Å². The predicted octanol–water partition coefficient (Wildman–Crippen LogP) is 3.21. The number of anilines is 1. The third kappa shape index (κ3) is 4.29. The Morgan fingerprint density at radius 2 is 1.72 bits per heavy atom. The second kappa shape index (κ2) is 8.28. The van der Waals surface area contributed by atoms with Crippen LogP contribution in [0.15, 0.2) is 53.4 Å². The average Bonchev–Trinajstić information content (AvgIpc) is 2.72. The molecule has 2 aromatic rings. The third-order valence-corrected chi connectivity index (χ3v) is 6.06. The highest BCUT2D eigenvalue weighted by Gasteiger charge is 2.29. The number of carbonyl (C=O) groups is 2. The summed E-state index contributed by atoms with van der Waals surface area (Å²) in [6.07, 6.45) is 0.587. The Morgan fingerprint density at radius 1 is 1.07 bits per heavy atom. The van der Waals surface area contributed by atoms with Crippen molar-refractivity contribution < 1.29 is 31.5 Å². The summed E-state index contributed by atoms with van der Waals surface area (Å²) in [5.74, 6) is -4.77.